The summed E-state index contributed by atoms with van der Waals surface area (Å²) >= 11 is 6.17. The highest BCUT2D eigenvalue weighted by Crippen LogP contribution is 2.24. The molecule has 0 spiro atoms. The first-order valence-electron chi connectivity index (χ1n) is 8.29. The van der Waals surface area contributed by atoms with E-state index in [0.29, 0.717) is 42.3 Å². The lowest BCUT2D eigenvalue weighted by Gasteiger charge is -2.34. The number of hydrogen-bond donors (Lipinski definition) is 1. The third-order valence-electron chi connectivity index (χ3n) is 4.25. The number of fused-ring (bicyclic) bond motifs is 1. The Morgan fingerprint density at radius 1 is 1.46 bits per heavy atom. The number of carbonyl (C=O) groups excluding carboxylic acids is 1. The van der Waals surface area contributed by atoms with E-state index in [1.807, 2.05) is 6.07 Å². The van der Waals surface area contributed by atoms with Crippen molar-refractivity contribution in [3.05, 3.63) is 41.0 Å². The maximum absolute atomic E-state index is 13.0. The van der Waals surface area contributed by atoms with Gasteiger partial charge in [0.1, 0.15) is 0 Å². The largest absolute Gasteiger partial charge is 0.480 e. The summed E-state index contributed by atoms with van der Waals surface area (Å²) in [5.74, 6) is -1.04. The van der Waals surface area contributed by atoms with Crippen molar-refractivity contribution < 1.29 is 19.4 Å². The second-order valence-electron chi connectivity index (χ2n) is 6.36. The molecular weight excluding hydrogens is 358 g/mol. The summed E-state index contributed by atoms with van der Waals surface area (Å²) in [6.45, 7) is 1.63. The van der Waals surface area contributed by atoms with Crippen molar-refractivity contribution in [1.82, 2.24) is 14.8 Å². The Kier molecular flexibility index (Phi) is 5.70. The molecular formula is C18H20ClN3O4. The summed E-state index contributed by atoms with van der Waals surface area (Å²) in [5, 5.41) is 10.2. The zero-order chi connectivity index (χ0) is 18.7. The van der Waals surface area contributed by atoms with Crippen molar-refractivity contribution in [3.63, 3.8) is 0 Å². The van der Waals surface area contributed by atoms with Crippen molar-refractivity contribution in [2.45, 2.75) is 6.10 Å². The van der Waals surface area contributed by atoms with Gasteiger partial charge in [-0.05, 0) is 25.2 Å². The van der Waals surface area contributed by atoms with E-state index in [-0.39, 0.29) is 18.6 Å². The minimum Gasteiger partial charge on any atom is -0.480 e. The van der Waals surface area contributed by atoms with Crippen LogP contribution in [0.15, 0.2) is 30.5 Å². The maximum Gasteiger partial charge on any atom is 0.317 e. The number of halogens is 1. The summed E-state index contributed by atoms with van der Waals surface area (Å²) in [5.41, 5.74) is 1.08. The van der Waals surface area contributed by atoms with Gasteiger partial charge in [0.15, 0.2) is 0 Å². The topological polar surface area (TPSA) is 83.0 Å². The molecule has 1 aliphatic rings. The normalized spacial score (nSPS) is 17.7. The highest BCUT2D eigenvalue weighted by Gasteiger charge is 2.27. The quantitative estimate of drug-likeness (QED) is 0.854. The van der Waals surface area contributed by atoms with E-state index >= 15 is 0 Å². The second-order valence-corrected chi connectivity index (χ2v) is 6.80. The molecule has 138 valence electrons. The zero-order valence-corrected chi connectivity index (χ0v) is 15.1. The monoisotopic (exact) mass is 377 g/mol. The lowest BCUT2D eigenvalue weighted by atomic mass is 10.1. The van der Waals surface area contributed by atoms with E-state index in [2.05, 4.69) is 4.98 Å². The number of likely N-dealkylation sites (N-methyl/N-ethyl adjacent to an activating group) is 1. The Bertz CT molecular complexity index is 829. The SMILES string of the molecule is CN(CC(=O)O)CC1CN(C(=O)c2cc(Cl)cc3cccnc23)CCO1. The van der Waals surface area contributed by atoms with E-state index in [1.54, 1.807) is 41.2 Å². The number of aliphatic carboxylic acids is 1. The van der Waals surface area contributed by atoms with E-state index in [0.717, 1.165) is 5.39 Å². The molecule has 0 saturated carbocycles. The van der Waals surface area contributed by atoms with Crippen molar-refractivity contribution in [3.8, 4) is 0 Å². The predicted molar refractivity (Wildman–Crippen MR) is 97.5 cm³/mol. The average molecular weight is 378 g/mol. The molecule has 3 rings (SSSR count). The Hall–Kier alpha value is -2.22. The van der Waals surface area contributed by atoms with Gasteiger partial charge >= 0.3 is 5.97 Å². The fourth-order valence-electron chi connectivity index (χ4n) is 3.15. The molecule has 1 amide bonds. The minimum atomic E-state index is -0.896. The fraction of sp³-hybridized carbons (Fsp3) is 0.389. The minimum absolute atomic E-state index is 0.0728. The molecule has 0 aliphatic carbocycles. The van der Waals surface area contributed by atoms with Crippen molar-refractivity contribution in [2.75, 3.05) is 39.8 Å². The molecule has 1 unspecified atom stereocenters. The van der Waals surface area contributed by atoms with Crippen LogP contribution >= 0.6 is 11.6 Å². The van der Waals surface area contributed by atoms with Gasteiger partial charge in [0, 0.05) is 36.2 Å². The van der Waals surface area contributed by atoms with Gasteiger partial charge in [-0.2, -0.15) is 0 Å². The Balaban J connectivity index is 1.77. The third-order valence-corrected chi connectivity index (χ3v) is 4.46. The number of pyridine rings is 1. The van der Waals surface area contributed by atoms with Crippen LogP contribution in [0.5, 0.6) is 0 Å². The molecule has 1 fully saturated rings. The number of rotatable bonds is 5. The number of carbonyl (C=O) groups is 2. The number of carboxylic acids is 1. The van der Waals surface area contributed by atoms with E-state index < -0.39 is 5.97 Å². The first-order chi connectivity index (χ1) is 12.4. The molecule has 26 heavy (non-hydrogen) atoms. The average Bonchev–Trinajstić information content (AvgIpc) is 2.59. The zero-order valence-electron chi connectivity index (χ0n) is 14.4. The van der Waals surface area contributed by atoms with Crippen molar-refractivity contribution in [2.24, 2.45) is 0 Å². The van der Waals surface area contributed by atoms with Crippen LogP contribution < -0.4 is 0 Å². The van der Waals surface area contributed by atoms with Crippen LogP contribution in [-0.4, -0.2) is 77.7 Å². The Morgan fingerprint density at radius 2 is 2.27 bits per heavy atom. The number of aromatic nitrogens is 1. The molecule has 1 N–H and O–H groups in total. The fourth-order valence-corrected chi connectivity index (χ4v) is 3.37. The smallest absolute Gasteiger partial charge is 0.317 e. The van der Waals surface area contributed by atoms with Crippen LogP contribution in [0.1, 0.15) is 10.4 Å². The van der Waals surface area contributed by atoms with E-state index in [1.165, 1.54) is 0 Å². The standard InChI is InChI=1S/C18H20ClN3O4/c1-21(11-16(23)24)9-14-10-22(5-6-26-14)18(25)15-8-13(19)7-12-3-2-4-20-17(12)15/h2-4,7-8,14H,5-6,9-11H2,1H3,(H,23,24). The first-order valence-corrected chi connectivity index (χ1v) is 8.67. The Morgan fingerprint density at radius 3 is 3.04 bits per heavy atom. The molecule has 1 aromatic carbocycles. The van der Waals surface area contributed by atoms with Crippen LogP contribution in [0.25, 0.3) is 10.9 Å². The number of ether oxygens (including phenoxy) is 1. The van der Waals surface area contributed by atoms with Crippen LogP contribution in [0.3, 0.4) is 0 Å². The highest BCUT2D eigenvalue weighted by molar-refractivity contribution is 6.32. The number of nitrogens with zero attached hydrogens (tertiary/aromatic N) is 3. The first kappa shape index (κ1) is 18.6. The van der Waals surface area contributed by atoms with Gasteiger partial charge in [-0.25, -0.2) is 0 Å². The number of hydrogen-bond acceptors (Lipinski definition) is 5. The molecule has 2 heterocycles. The van der Waals surface area contributed by atoms with E-state index in [9.17, 15) is 9.59 Å². The predicted octanol–water partition coefficient (Wildman–Crippen LogP) is 1.75. The molecule has 1 saturated heterocycles. The van der Waals surface area contributed by atoms with Gasteiger partial charge in [0.05, 0.1) is 30.3 Å². The van der Waals surface area contributed by atoms with Crippen LogP contribution in [0.2, 0.25) is 5.02 Å². The summed E-state index contributed by atoms with van der Waals surface area (Å²) in [4.78, 5) is 31.5. The van der Waals surface area contributed by atoms with Crippen molar-refractivity contribution >= 4 is 34.4 Å². The molecule has 7 nitrogen and oxygen atoms in total. The molecule has 8 heteroatoms. The summed E-state index contributed by atoms with van der Waals surface area (Å²) < 4.78 is 5.69. The van der Waals surface area contributed by atoms with Gasteiger partial charge < -0.3 is 14.7 Å². The number of benzene rings is 1. The van der Waals surface area contributed by atoms with Crippen LogP contribution in [0, 0.1) is 0 Å². The van der Waals surface area contributed by atoms with Crippen molar-refractivity contribution in [1.29, 1.82) is 0 Å². The lowest BCUT2D eigenvalue weighted by Crippen LogP contribution is -2.49. The highest BCUT2D eigenvalue weighted by atomic mass is 35.5. The molecule has 1 aliphatic heterocycles. The summed E-state index contributed by atoms with van der Waals surface area (Å²) in [6.07, 6.45) is 1.41. The molecule has 1 atom stereocenters. The molecule has 0 radical (unpaired) electrons. The van der Waals surface area contributed by atoms with Crippen LogP contribution in [-0.2, 0) is 9.53 Å². The molecule has 0 bridgehead atoms. The number of morpholine rings is 1. The lowest BCUT2D eigenvalue weighted by molar-refractivity contribution is -0.138. The van der Waals surface area contributed by atoms with Gasteiger partial charge in [-0.1, -0.05) is 17.7 Å². The van der Waals surface area contributed by atoms with Crippen LogP contribution in [0.4, 0.5) is 0 Å². The van der Waals surface area contributed by atoms with Gasteiger partial charge in [-0.3, -0.25) is 19.5 Å². The van der Waals surface area contributed by atoms with Gasteiger partial charge in [0.2, 0.25) is 0 Å². The number of amides is 1. The maximum atomic E-state index is 13.0. The molecule has 2 aromatic rings. The molecule has 1 aromatic heterocycles. The second kappa shape index (κ2) is 7.99. The van der Waals surface area contributed by atoms with Gasteiger partial charge in [0.25, 0.3) is 5.91 Å². The van der Waals surface area contributed by atoms with Gasteiger partial charge in [-0.15, -0.1) is 0 Å². The third kappa shape index (κ3) is 4.30. The number of carboxylic acid groups (broad SMARTS) is 1. The van der Waals surface area contributed by atoms with E-state index in [4.69, 9.17) is 21.4 Å². The summed E-state index contributed by atoms with van der Waals surface area (Å²) in [7, 11) is 1.71. The summed E-state index contributed by atoms with van der Waals surface area (Å²) in [6, 6.07) is 7.09. The Labute approximate surface area is 156 Å².